The highest BCUT2D eigenvalue weighted by Gasteiger charge is 2.36. The zero-order valence-electron chi connectivity index (χ0n) is 11.8. The molecule has 1 aliphatic heterocycles. The van der Waals surface area contributed by atoms with Gasteiger partial charge in [-0.25, -0.2) is 4.79 Å². The monoisotopic (exact) mass is 254 g/mol. The molecule has 1 saturated carbocycles. The van der Waals surface area contributed by atoms with Crippen molar-refractivity contribution < 1.29 is 9.53 Å². The molecular weight excluding hydrogens is 228 g/mol. The third-order valence-corrected chi connectivity index (χ3v) is 3.89. The molecule has 0 bridgehead atoms. The molecular formula is C14H26N2O2. The largest absolute Gasteiger partial charge is 0.444 e. The highest BCUT2D eigenvalue weighted by atomic mass is 16.6. The summed E-state index contributed by atoms with van der Waals surface area (Å²) in [4.78, 5) is 11.8. The van der Waals surface area contributed by atoms with Gasteiger partial charge in [0, 0.05) is 12.1 Å². The van der Waals surface area contributed by atoms with Gasteiger partial charge in [0.05, 0.1) is 0 Å². The van der Waals surface area contributed by atoms with Crippen LogP contribution in [0.1, 0.15) is 52.9 Å². The van der Waals surface area contributed by atoms with E-state index >= 15 is 0 Å². The van der Waals surface area contributed by atoms with Crippen LogP contribution in [0.3, 0.4) is 0 Å². The molecule has 2 aliphatic rings. The Hall–Kier alpha value is -0.770. The van der Waals surface area contributed by atoms with Crippen molar-refractivity contribution in [3.63, 3.8) is 0 Å². The van der Waals surface area contributed by atoms with Gasteiger partial charge in [-0.1, -0.05) is 0 Å². The summed E-state index contributed by atoms with van der Waals surface area (Å²) < 4.78 is 5.35. The Morgan fingerprint density at radius 1 is 1.22 bits per heavy atom. The molecule has 0 spiro atoms. The maximum Gasteiger partial charge on any atom is 0.407 e. The molecule has 0 aromatic rings. The van der Waals surface area contributed by atoms with Crippen molar-refractivity contribution in [3.8, 4) is 0 Å². The number of hydrogen-bond acceptors (Lipinski definition) is 3. The van der Waals surface area contributed by atoms with Crippen molar-refractivity contribution in [2.75, 3.05) is 6.54 Å². The summed E-state index contributed by atoms with van der Waals surface area (Å²) >= 11 is 0. The molecule has 1 amide bonds. The van der Waals surface area contributed by atoms with Crippen LogP contribution in [-0.4, -0.2) is 30.3 Å². The number of rotatable bonds is 1. The van der Waals surface area contributed by atoms with Crippen LogP contribution in [0.15, 0.2) is 0 Å². The van der Waals surface area contributed by atoms with Crippen LogP contribution >= 0.6 is 0 Å². The van der Waals surface area contributed by atoms with E-state index in [9.17, 15) is 4.79 Å². The molecule has 3 unspecified atom stereocenters. The van der Waals surface area contributed by atoms with Gasteiger partial charge in [0.1, 0.15) is 5.60 Å². The van der Waals surface area contributed by atoms with E-state index in [2.05, 4.69) is 10.6 Å². The van der Waals surface area contributed by atoms with Gasteiger partial charge >= 0.3 is 6.09 Å². The molecule has 0 aromatic carbocycles. The maximum absolute atomic E-state index is 11.8. The lowest BCUT2D eigenvalue weighted by atomic mass is 9.76. The molecule has 2 N–H and O–H groups in total. The van der Waals surface area contributed by atoms with E-state index in [1.54, 1.807) is 0 Å². The van der Waals surface area contributed by atoms with Gasteiger partial charge in [0.15, 0.2) is 0 Å². The van der Waals surface area contributed by atoms with Crippen LogP contribution < -0.4 is 10.6 Å². The number of carbonyl (C=O) groups excluding carboxylic acids is 1. The Labute approximate surface area is 110 Å². The fraction of sp³-hybridized carbons (Fsp3) is 0.929. The first-order valence-electron chi connectivity index (χ1n) is 7.18. The molecule has 0 radical (unpaired) electrons. The fourth-order valence-corrected chi connectivity index (χ4v) is 3.19. The molecule has 3 atom stereocenters. The van der Waals surface area contributed by atoms with Gasteiger partial charge in [-0.15, -0.1) is 0 Å². The minimum atomic E-state index is -0.414. The van der Waals surface area contributed by atoms with Crippen molar-refractivity contribution in [2.24, 2.45) is 5.92 Å². The Kier molecular flexibility index (Phi) is 4.15. The van der Waals surface area contributed by atoms with E-state index in [0.29, 0.717) is 12.0 Å². The molecule has 1 heterocycles. The Bertz CT molecular complexity index is 297. The number of fused-ring (bicyclic) bond motifs is 1. The third kappa shape index (κ3) is 3.61. The lowest BCUT2D eigenvalue weighted by molar-refractivity contribution is 0.0440. The average molecular weight is 254 g/mol. The zero-order valence-corrected chi connectivity index (χ0v) is 11.8. The van der Waals surface area contributed by atoms with Crippen LogP contribution in [0.5, 0.6) is 0 Å². The number of hydrogen-bond donors (Lipinski definition) is 2. The van der Waals surface area contributed by atoms with Crippen LogP contribution in [0.4, 0.5) is 4.79 Å². The topological polar surface area (TPSA) is 50.4 Å². The fourth-order valence-electron chi connectivity index (χ4n) is 3.19. The van der Waals surface area contributed by atoms with E-state index in [1.807, 2.05) is 20.8 Å². The molecule has 0 aromatic heterocycles. The van der Waals surface area contributed by atoms with Crippen molar-refractivity contribution in [1.29, 1.82) is 0 Å². The SMILES string of the molecule is CC(C)(C)OC(=O)NC1CCCC2NCCCC21. The third-order valence-electron chi connectivity index (χ3n) is 3.89. The molecule has 4 nitrogen and oxygen atoms in total. The molecule has 2 fully saturated rings. The van der Waals surface area contributed by atoms with Crippen molar-refractivity contribution in [3.05, 3.63) is 0 Å². The first kappa shape index (κ1) is 13.7. The summed E-state index contributed by atoms with van der Waals surface area (Å²) in [6.45, 7) is 6.83. The summed E-state index contributed by atoms with van der Waals surface area (Å²) in [6.07, 6.45) is 5.69. The van der Waals surface area contributed by atoms with E-state index in [4.69, 9.17) is 4.74 Å². The molecule has 2 rings (SSSR count). The van der Waals surface area contributed by atoms with E-state index in [-0.39, 0.29) is 12.1 Å². The van der Waals surface area contributed by atoms with E-state index < -0.39 is 5.60 Å². The predicted molar refractivity (Wildman–Crippen MR) is 71.5 cm³/mol. The van der Waals surface area contributed by atoms with Crippen molar-refractivity contribution in [2.45, 2.75) is 70.6 Å². The first-order valence-corrected chi connectivity index (χ1v) is 7.18. The summed E-state index contributed by atoms with van der Waals surface area (Å²) in [7, 11) is 0. The standard InChI is InChI=1S/C14H26N2O2/c1-14(2,3)18-13(17)16-12-8-4-7-11-10(12)6-5-9-15-11/h10-12,15H,4-9H2,1-3H3,(H,16,17). The lowest BCUT2D eigenvalue weighted by Gasteiger charge is -2.42. The molecule has 1 saturated heterocycles. The quantitative estimate of drug-likeness (QED) is 0.755. The highest BCUT2D eigenvalue weighted by molar-refractivity contribution is 5.68. The Morgan fingerprint density at radius 2 is 2.00 bits per heavy atom. The maximum atomic E-state index is 11.8. The van der Waals surface area contributed by atoms with Crippen LogP contribution in [0.2, 0.25) is 0 Å². The molecule has 1 aliphatic carbocycles. The van der Waals surface area contributed by atoms with E-state index in [1.165, 1.54) is 25.7 Å². The van der Waals surface area contributed by atoms with Gasteiger partial charge in [-0.2, -0.15) is 0 Å². The minimum Gasteiger partial charge on any atom is -0.444 e. The number of ether oxygens (including phenoxy) is 1. The smallest absolute Gasteiger partial charge is 0.407 e. The van der Waals surface area contributed by atoms with E-state index in [0.717, 1.165) is 13.0 Å². The lowest BCUT2D eigenvalue weighted by Crippen LogP contribution is -2.54. The predicted octanol–water partition coefficient (Wildman–Crippen LogP) is 2.43. The number of piperidine rings is 1. The van der Waals surface area contributed by atoms with Gasteiger partial charge in [-0.3, -0.25) is 0 Å². The summed E-state index contributed by atoms with van der Waals surface area (Å²) in [5.74, 6) is 0.583. The van der Waals surface area contributed by atoms with Gasteiger partial charge in [-0.05, 0) is 65.3 Å². The van der Waals surface area contributed by atoms with Gasteiger partial charge in [0.2, 0.25) is 0 Å². The second-order valence-electron chi connectivity index (χ2n) is 6.55. The van der Waals surface area contributed by atoms with Gasteiger partial charge in [0.25, 0.3) is 0 Å². The van der Waals surface area contributed by atoms with Crippen LogP contribution in [-0.2, 0) is 4.74 Å². The molecule has 18 heavy (non-hydrogen) atoms. The summed E-state index contributed by atoms with van der Waals surface area (Å²) in [5, 5.41) is 6.65. The number of carbonyl (C=O) groups is 1. The van der Waals surface area contributed by atoms with Crippen molar-refractivity contribution >= 4 is 6.09 Å². The second-order valence-corrected chi connectivity index (χ2v) is 6.55. The Morgan fingerprint density at radius 3 is 2.72 bits per heavy atom. The van der Waals surface area contributed by atoms with Crippen molar-refractivity contribution in [1.82, 2.24) is 10.6 Å². The highest BCUT2D eigenvalue weighted by Crippen LogP contribution is 2.31. The second kappa shape index (κ2) is 5.47. The summed E-state index contributed by atoms with van der Waals surface area (Å²) in [5.41, 5.74) is -0.414. The zero-order chi connectivity index (χ0) is 13.2. The number of alkyl carbamates (subject to hydrolysis) is 1. The summed E-state index contributed by atoms with van der Waals surface area (Å²) in [6, 6.07) is 0.874. The average Bonchev–Trinajstić information content (AvgIpc) is 2.27. The van der Waals surface area contributed by atoms with Crippen LogP contribution in [0, 0.1) is 5.92 Å². The molecule has 104 valence electrons. The number of amides is 1. The minimum absolute atomic E-state index is 0.265. The van der Waals surface area contributed by atoms with Crippen LogP contribution in [0.25, 0.3) is 0 Å². The number of nitrogens with one attached hydrogen (secondary N) is 2. The van der Waals surface area contributed by atoms with Gasteiger partial charge < -0.3 is 15.4 Å². The normalized spacial score (nSPS) is 32.5. The first-order chi connectivity index (χ1) is 8.46. The molecule has 4 heteroatoms. The Balaban J connectivity index is 1.89.